The monoisotopic (exact) mass is 219 g/mol. The van der Waals surface area contributed by atoms with E-state index in [4.69, 9.17) is 0 Å². The summed E-state index contributed by atoms with van der Waals surface area (Å²) < 4.78 is 3.81. The third kappa shape index (κ3) is 3.11. The first-order valence-electron chi connectivity index (χ1n) is 4.87. The molecule has 0 atom stereocenters. The average molecular weight is 219 g/mol. The standard InChI is InChI=1S/C11H13N3S/c1-9-2-4-10(5-3-9)6-12-7-11-8-15-14-13-11/h2-5,8,12H,6-7H2,1H3. The second-order valence-electron chi connectivity index (χ2n) is 3.49. The first-order chi connectivity index (χ1) is 7.34. The van der Waals surface area contributed by atoms with Crippen LogP contribution in [0, 0.1) is 6.92 Å². The zero-order valence-corrected chi connectivity index (χ0v) is 9.42. The van der Waals surface area contributed by atoms with E-state index >= 15 is 0 Å². The van der Waals surface area contributed by atoms with Gasteiger partial charge < -0.3 is 5.32 Å². The zero-order valence-electron chi connectivity index (χ0n) is 8.60. The number of benzene rings is 1. The fourth-order valence-electron chi connectivity index (χ4n) is 1.30. The minimum atomic E-state index is 0.782. The topological polar surface area (TPSA) is 37.8 Å². The molecule has 0 amide bonds. The molecule has 0 spiro atoms. The Morgan fingerprint density at radius 1 is 1.20 bits per heavy atom. The summed E-state index contributed by atoms with van der Waals surface area (Å²) in [6.45, 7) is 3.75. The van der Waals surface area contributed by atoms with Crippen molar-refractivity contribution < 1.29 is 0 Å². The molecule has 3 nitrogen and oxygen atoms in total. The number of hydrogen-bond donors (Lipinski definition) is 1. The Morgan fingerprint density at radius 3 is 2.67 bits per heavy atom. The van der Waals surface area contributed by atoms with E-state index in [1.807, 2.05) is 5.38 Å². The normalized spacial score (nSPS) is 10.5. The van der Waals surface area contributed by atoms with Gasteiger partial charge >= 0.3 is 0 Å². The lowest BCUT2D eigenvalue weighted by Crippen LogP contribution is -2.12. The van der Waals surface area contributed by atoms with Gasteiger partial charge in [0.15, 0.2) is 0 Å². The van der Waals surface area contributed by atoms with Crippen molar-refractivity contribution in [2.24, 2.45) is 0 Å². The van der Waals surface area contributed by atoms with Gasteiger partial charge in [-0.05, 0) is 24.0 Å². The van der Waals surface area contributed by atoms with Gasteiger partial charge in [-0.3, -0.25) is 0 Å². The molecule has 0 unspecified atom stereocenters. The van der Waals surface area contributed by atoms with Crippen LogP contribution in [0.15, 0.2) is 29.6 Å². The number of aryl methyl sites for hydroxylation is 1. The van der Waals surface area contributed by atoms with Gasteiger partial charge in [0.2, 0.25) is 0 Å². The third-order valence-corrected chi connectivity index (χ3v) is 2.71. The molecule has 0 saturated carbocycles. The highest BCUT2D eigenvalue weighted by atomic mass is 32.1. The lowest BCUT2D eigenvalue weighted by molar-refractivity contribution is 0.677. The Labute approximate surface area is 93.3 Å². The Hall–Kier alpha value is -1.26. The van der Waals surface area contributed by atoms with Crippen LogP contribution in [0.4, 0.5) is 0 Å². The summed E-state index contributed by atoms with van der Waals surface area (Å²) in [5.74, 6) is 0. The van der Waals surface area contributed by atoms with Gasteiger partial charge in [0.1, 0.15) is 0 Å². The van der Waals surface area contributed by atoms with Crippen molar-refractivity contribution in [3.8, 4) is 0 Å². The quantitative estimate of drug-likeness (QED) is 0.856. The summed E-state index contributed by atoms with van der Waals surface area (Å²) >= 11 is 1.39. The Balaban J connectivity index is 1.81. The smallest absolute Gasteiger partial charge is 0.0893 e. The lowest BCUT2D eigenvalue weighted by Gasteiger charge is -2.02. The lowest BCUT2D eigenvalue weighted by atomic mass is 10.1. The fraction of sp³-hybridized carbons (Fsp3) is 0.273. The minimum Gasteiger partial charge on any atom is -0.307 e. The molecule has 0 aliphatic carbocycles. The van der Waals surface area contributed by atoms with Crippen molar-refractivity contribution in [3.05, 3.63) is 46.5 Å². The van der Waals surface area contributed by atoms with Crippen LogP contribution >= 0.6 is 11.5 Å². The summed E-state index contributed by atoms with van der Waals surface area (Å²) in [6.07, 6.45) is 0. The summed E-state index contributed by atoms with van der Waals surface area (Å²) in [5, 5.41) is 9.26. The molecule has 4 heteroatoms. The number of aromatic nitrogens is 2. The Morgan fingerprint density at radius 2 is 2.00 bits per heavy atom. The Bertz CT molecular complexity index is 394. The molecule has 2 aromatic rings. The molecule has 15 heavy (non-hydrogen) atoms. The van der Waals surface area contributed by atoms with E-state index < -0.39 is 0 Å². The second kappa shape index (κ2) is 5.00. The molecule has 1 aromatic carbocycles. The molecular weight excluding hydrogens is 206 g/mol. The van der Waals surface area contributed by atoms with Crippen molar-refractivity contribution in [3.63, 3.8) is 0 Å². The average Bonchev–Trinajstić information content (AvgIpc) is 2.74. The highest BCUT2D eigenvalue weighted by molar-refractivity contribution is 7.03. The molecule has 0 aliphatic heterocycles. The molecule has 78 valence electrons. The first kappa shape index (κ1) is 10.3. The van der Waals surface area contributed by atoms with Crippen LogP contribution in [-0.4, -0.2) is 9.59 Å². The van der Waals surface area contributed by atoms with E-state index in [1.54, 1.807) is 0 Å². The van der Waals surface area contributed by atoms with E-state index in [1.165, 1.54) is 22.7 Å². The van der Waals surface area contributed by atoms with Crippen LogP contribution in [-0.2, 0) is 13.1 Å². The molecular formula is C11H13N3S. The zero-order chi connectivity index (χ0) is 10.5. The molecule has 0 radical (unpaired) electrons. The van der Waals surface area contributed by atoms with Crippen molar-refractivity contribution >= 4 is 11.5 Å². The summed E-state index contributed by atoms with van der Waals surface area (Å²) in [7, 11) is 0. The summed E-state index contributed by atoms with van der Waals surface area (Å²) in [5.41, 5.74) is 3.60. The largest absolute Gasteiger partial charge is 0.307 e. The van der Waals surface area contributed by atoms with Gasteiger partial charge in [-0.15, -0.1) is 5.10 Å². The van der Waals surface area contributed by atoms with Gasteiger partial charge in [-0.2, -0.15) is 0 Å². The summed E-state index contributed by atoms with van der Waals surface area (Å²) in [6, 6.07) is 8.53. The second-order valence-corrected chi connectivity index (χ2v) is 4.10. The number of nitrogens with one attached hydrogen (secondary N) is 1. The molecule has 0 fully saturated rings. The highest BCUT2D eigenvalue weighted by Gasteiger charge is 1.96. The van der Waals surface area contributed by atoms with Crippen LogP contribution in [0.1, 0.15) is 16.8 Å². The van der Waals surface area contributed by atoms with Crippen molar-refractivity contribution in [1.82, 2.24) is 14.9 Å². The number of nitrogens with zero attached hydrogens (tertiary/aromatic N) is 2. The molecule has 1 aromatic heterocycles. The number of rotatable bonds is 4. The molecule has 1 heterocycles. The Kier molecular flexibility index (Phi) is 3.42. The van der Waals surface area contributed by atoms with E-state index in [0.29, 0.717) is 0 Å². The highest BCUT2D eigenvalue weighted by Crippen LogP contribution is 2.03. The van der Waals surface area contributed by atoms with Crippen LogP contribution in [0.3, 0.4) is 0 Å². The van der Waals surface area contributed by atoms with Gasteiger partial charge in [0.25, 0.3) is 0 Å². The van der Waals surface area contributed by atoms with Crippen molar-refractivity contribution in [1.29, 1.82) is 0 Å². The third-order valence-electron chi connectivity index (χ3n) is 2.16. The maximum absolute atomic E-state index is 3.97. The van der Waals surface area contributed by atoms with Crippen molar-refractivity contribution in [2.45, 2.75) is 20.0 Å². The molecule has 1 N–H and O–H groups in total. The maximum Gasteiger partial charge on any atom is 0.0893 e. The van der Waals surface area contributed by atoms with Crippen LogP contribution in [0.2, 0.25) is 0 Å². The molecule has 0 aliphatic rings. The van der Waals surface area contributed by atoms with Crippen molar-refractivity contribution in [2.75, 3.05) is 0 Å². The summed E-state index contributed by atoms with van der Waals surface area (Å²) in [4.78, 5) is 0. The molecule has 2 rings (SSSR count). The van der Waals surface area contributed by atoms with Gasteiger partial charge in [-0.1, -0.05) is 34.3 Å². The van der Waals surface area contributed by atoms with Gasteiger partial charge in [0, 0.05) is 18.5 Å². The van der Waals surface area contributed by atoms with E-state index in [0.717, 1.165) is 18.8 Å². The van der Waals surface area contributed by atoms with E-state index in [2.05, 4.69) is 46.1 Å². The SMILES string of the molecule is Cc1ccc(CNCc2csnn2)cc1. The van der Waals surface area contributed by atoms with Gasteiger partial charge in [0.05, 0.1) is 5.69 Å². The molecule has 0 saturated heterocycles. The minimum absolute atomic E-state index is 0.782. The van der Waals surface area contributed by atoms with E-state index in [-0.39, 0.29) is 0 Å². The van der Waals surface area contributed by atoms with Crippen LogP contribution in [0.5, 0.6) is 0 Å². The predicted octanol–water partition coefficient (Wildman–Crippen LogP) is 2.14. The maximum atomic E-state index is 3.97. The van der Waals surface area contributed by atoms with E-state index in [9.17, 15) is 0 Å². The predicted molar refractivity (Wildman–Crippen MR) is 61.6 cm³/mol. The fourth-order valence-corrected chi connectivity index (χ4v) is 1.75. The molecule has 0 bridgehead atoms. The van der Waals surface area contributed by atoms with Crippen LogP contribution in [0.25, 0.3) is 0 Å². The number of hydrogen-bond acceptors (Lipinski definition) is 4. The van der Waals surface area contributed by atoms with Crippen LogP contribution < -0.4 is 5.32 Å². The first-order valence-corrected chi connectivity index (χ1v) is 5.70. The van der Waals surface area contributed by atoms with Gasteiger partial charge in [-0.25, -0.2) is 0 Å².